The molecule has 0 saturated carbocycles. The van der Waals surface area contributed by atoms with Crippen LogP contribution in [0.1, 0.15) is 51.5 Å². The lowest BCUT2D eigenvalue weighted by atomic mass is 9.87. The molecular formula is C20H30N2O. The number of benzene rings is 1. The molecule has 2 aliphatic heterocycles. The molecule has 2 saturated heterocycles. The molecule has 1 aromatic rings. The topological polar surface area (TPSA) is 23.6 Å². The molecule has 0 radical (unpaired) electrons. The molecule has 126 valence electrons. The molecule has 0 aromatic heterocycles. The maximum atomic E-state index is 12.5. The van der Waals surface area contributed by atoms with Crippen LogP contribution in [-0.2, 0) is 11.3 Å². The highest BCUT2D eigenvalue weighted by Gasteiger charge is 2.45. The third-order valence-corrected chi connectivity index (χ3v) is 5.49. The Kier molecular flexibility index (Phi) is 5.05. The Morgan fingerprint density at radius 2 is 1.87 bits per heavy atom. The van der Waals surface area contributed by atoms with Gasteiger partial charge in [-0.25, -0.2) is 0 Å². The Bertz CT molecular complexity index is 528. The Hall–Kier alpha value is -1.35. The van der Waals surface area contributed by atoms with Crippen LogP contribution in [0, 0.1) is 5.92 Å². The highest BCUT2D eigenvalue weighted by molar-refractivity contribution is 5.79. The third kappa shape index (κ3) is 3.77. The van der Waals surface area contributed by atoms with Crippen LogP contribution in [0.25, 0.3) is 0 Å². The average molecular weight is 314 g/mol. The van der Waals surface area contributed by atoms with Crippen molar-refractivity contribution in [3.8, 4) is 0 Å². The smallest absolute Gasteiger partial charge is 0.223 e. The average Bonchev–Trinajstić information content (AvgIpc) is 2.71. The molecule has 0 aliphatic carbocycles. The molecule has 2 heterocycles. The van der Waals surface area contributed by atoms with Crippen molar-refractivity contribution in [1.82, 2.24) is 9.80 Å². The maximum absolute atomic E-state index is 12.5. The van der Waals surface area contributed by atoms with E-state index in [4.69, 9.17) is 0 Å². The van der Waals surface area contributed by atoms with Crippen molar-refractivity contribution in [1.29, 1.82) is 0 Å². The second-order valence-electron chi connectivity index (χ2n) is 7.74. The van der Waals surface area contributed by atoms with Gasteiger partial charge in [-0.2, -0.15) is 0 Å². The first kappa shape index (κ1) is 16.5. The van der Waals surface area contributed by atoms with E-state index in [0.29, 0.717) is 5.91 Å². The quantitative estimate of drug-likeness (QED) is 0.846. The second-order valence-corrected chi connectivity index (χ2v) is 7.74. The molecule has 0 N–H and O–H groups in total. The first-order valence-electron chi connectivity index (χ1n) is 9.16. The molecule has 0 unspecified atom stereocenters. The molecule has 1 atom stereocenters. The summed E-state index contributed by atoms with van der Waals surface area (Å²) in [7, 11) is 0. The maximum Gasteiger partial charge on any atom is 0.223 e. The van der Waals surface area contributed by atoms with Gasteiger partial charge in [0.15, 0.2) is 0 Å². The second kappa shape index (κ2) is 7.04. The van der Waals surface area contributed by atoms with Crippen LogP contribution in [0.15, 0.2) is 30.3 Å². The fourth-order valence-corrected chi connectivity index (χ4v) is 4.35. The van der Waals surface area contributed by atoms with Crippen molar-refractivity contribution in [2.24, 2.45) is 5.92 Å². The van der Waals surface area contributed by atoms with Gasteiger partial charge in [0.1, 0.15) is 0 Å². The van der Waals surface area contributed by atoms with Gasteiger partial charge in [0.05, 0.1) is 0 Å². The predicted molar refractivity (Wildman–Crippen MR) is 94.1 cm³/mol. The van der Waals surface area contributed by atoms with Crippen molar-refractivity contribution in [3.63, 3.8) is 0 Å². The van der Waals surface area contributed by atoms with Gasteiger partial charge in [-0.1, -0.05) is 44.2 Å². The van der Waals surface area contributed by atoms with Gasteiger partial charge in [-0.05, 0) is 43.7 Å². The molecule has 1 aromatic carbocycles. The van der Waals surface area contributed by atoms with Crippen LogP contribution >= 0.6 is 0 Å². The monoisotopic (exact) mass is 314 g/mol. The van der Waals surface area contributed by atoms with Gasteiger partial charge in [-0.3, -0.25) is 4.79 Å². The van der Waals surface area contributed by atoms with Gasteiger partial charge in [0, 0.05) is 31.6 Å². The van der Waals surface area contributed by atoms with Crippen LogP contribution in [-0.4, -0.2) is 40.9 Å². The largest absolute Gasteiger partial charge is 0.333 e. The first-order valence-corrected chi connectivity index (χ1v) is 9.16. The third-order valence-electron chi connectivity index (χ3n) is 5.49. The first-order chi connectivity index (χ1) is 11.1. The van der Waals surface area contributed by atoms with E-state index in [-0.39, 0.29) is 5.54 Å². The van der Waals surface area contributed by atoms with E-state index in [9.17, 15) is 4.79 Å². The van der Waals surface area contributed by atoms with Crippen molar-refractivity contribution < 1.29 is 4.79 Å². The van der Waals surface area contributed by atoms with E-state index in [2.05, 4.69) is 47.9 Å². The van der Waals surface area contributed by atoms with E-state index in [1.165, 1.54) is 31.5 Å². The standard InChI is InChI=1S/C20H30N2O/c1-17(2)15-21-13-6-10-20(12-14-21)11-9-19(23)22(20)16-18-7-4-3-5-8-18/h3-5,7-8,17H,6,9-16H2,1-2H3/t20-/m1/s1. The van der Waals surface area contributed by atoms with Crippen LogP contribution in [0.4, 0.5) is 0 Å². The lowest BCUT2D eigenvalue weighted by Gasteiger charge is -2.38. The summed E-state index contributed by atoms with van der Waals surface area (Å²) in [6, 6.07) is 10.5. The highest BCUT2D eigenvalue weighted by Crippen LogP contribution is 2.40. The van der Waals surface area contributed by atoms with Gasteiger partial charge in [0.25, 0.3) is 0 Å². The summed E-state index contributed by atoms with van der Waals surface area (Å²) in [5.74, 6) is 1.07. The van der Waals surface area contributed by atoms with Crippen molar-refractivity contribution in [2.45, 2.75) is 58.0 Å². The molecule has 2 aliphatic rings. The van der Waals surface area contributed by atoms with Crippen LogP contribution in [0.5, 0.6) is 0 Å². The summed E-state index contributed by atoms with van der Waals surface area (Å²) in [6.45, 7) is 8.87. The number of likely N-dealkylation sites (tertiary alicyclic amines) is 2. The minimum atomic E-state index is 0.110. The molecule has 2 fully saturated rings. The Labute approximate surface area is 140 Å². The highest BCUT2D eigenvalue weighted by atomic mass is 16.2. The summed E-state index contributed by atoms with van der Waals surface area (Å²) in [5, 5.41) is 0. The number of hydrogen-bond donors (Lipinski definition) is 0. The number of nitrogens with zero attached hydrogens (tertiary/aromatic N) is 2. The van der Waals surface area contributed by atoms with Crippen molar-refractivity contribution in [2.75, 3.05) is 19.6 Å². The SMILES string of the molecule is CC(C)CN1CCC[C@@]2(CCC(=O)N2Cc2ccccc2)CC1. The van der Waals surface area contributed by atoms with Crippen LogP contribution < -0.4 is 0 Å². The number of carbonyl (C=O) groups excluding carboxylic acids is 1. The Morgan fingerprint density at radius 3 is 2.61 bits per heavy atom. The zero-order chi connectivity index (χ0) is 16.3. The van der Waals surface area contributed by atoms with E-state index in [1.807, 2.05) is 6.07 Å². The molecular weight excluding hydrogens is 284 g/mol. The molecule has 1 spiro atoms. The van der Waals surface area contributed by atoms with Crippen LogP contribution in [0.2, 0.25) is 0 Å². The number of hydrogen-bond acceptors (Lipinski definition) is 2. The number of carbonyl (C=O) groups is 1. The normalized spacial score (nSPS) is 26.2. The molecule has 23 heavy (non-hydrogen) atoms. The lowest BCUT2D eigenvalue weighted by Crippen LogP contribution is -2.46. The zero-order valence-electron chi connectivity index (χ0n) is 14.6. The molecule has 3 nitrogen and oxygen atoms in total. The van der Waals surface area contributed by atoms with E-state index < -0.39 is 0 Å². The number of amides is 1. The van der Waals surface area contributed by atoms with Gasteiger partial charge in [0.2, 0.25) is 5.91 Å². The summed E-state index contributed by atoms with van der Waals surface area (Å²) >= 11 is 0. The van der Waals surface area contributed by atoms with Crippen molar-refractivity contribution in [3.05, 3.63) is 35.9 Å². The molecule has 1 amide bonds. The van der Waals surface area contributed by atoms with Gasteiger partial charge >= 0.3 is 0 Å². The molecule has 3 rings (SSSR count). The Morgan fingerprint density at radius 1 is 1.09 bits per heavy atom. The summed E-state index contributed by atoms with van der Waals surface area (Å²) < 4.78 is 0. The summed E-state index contributed by atoms with van der Waals surface area (Å²) in [6.07, 6.45) is 5.30. The lowest BCUT2D eigenvalue weighted by molar-refractivity contribution is -0.132. The predicted octanol–water partition coefficient (Wildman–Crippen LogP) is 3.69. The van der Waals surface area contributed by atoms with Crippen molar-refractivity contribution >= 4 is 5.91 Å². The van der Waals surface area contributed by atoms with E-state index in [1.54, 1.807) is 0 Å². The van der Waals surface area contributed by atoms with Gasteiger partial charge < -0.3 is 9.80 Å². The molecule has 3 heteroatoms. The van der Waals surface area contributed by atoms with E-state index >= 15 is 0 Å². The fraction of sp³-hybridized carbons (Fsp3) is 0.650. The molecule has 0 bridgehead atoms. The number of rotatable bonds is 4. The zero-order valence-corrected chi connectivity index (χ0v) is 14.6. The minimum Gasteiger partial charge on any atom is -0.333 e. The van der Waals surface area contributed by atoms with Gasteiger partial charge in [-0.15, -0.1) is 0 Å². The minimum absolute atomic E-state index is 0.110. The van der Waals surface area contributed by atoms with E-state index in [0.717, 1.165) is 38.3 Å². The fourth-order valence-electron chi connectivity index (χ4n) is 4.35. The van der Waals surface area contributed by atoms with Crippen LogP contribution in [0.3, 0.4) is 0 Å². The Balaban J connectivity index is 1.72. The summed E-state index contributed by atoms with van der Waals surface area (Å²) in [5.41, 5.74) is 1.36. The summed E-state index contributed by atoms with van der Waals surface area (Å²) in [4.78, 5) is 17.3.